The summed E-state index contributed by atoms with van der Waals surface area (Å²) in [6, 6.07) is 3.59. The van der Waals surface area contributed by atoms with Gasteiger partial charge in [0.2, 0.25) is 0 Å². The zero-order valence-electron chi connectivity index (χ0n) is 7.40. The monoisotopic (exact) mass is 200 g/mol. The van der Waals surface area contributed by atoms with E-state index in [1.165, 1.54) is 6.26 Å². The molecule has 13 heavy (non-hydrogen) atoms. The molecule has 5 heteroatoms. The minimum absolute atomic E-state index is 0.148. The van der Waals surface area contributed by atoms with Crippen LogP contribution in [0, 0.1) is 0 Å². The van der Waals surface area contributed by atoms with Crippen molar-refractivity contribution in [3.05, 3.63) is 24.5 Å². The summed E-state index contributed by atoms with van der Waals surface area (Å²) in [5.74, 6) is 0.148. The largest absolute Gasteiger partial charge is 0.384 e. The van der Waals surface area contributed by atoms with Crippen molar-refractivity contribution in [3.8, 4) is 0 Å². The standard InChI is InChI=1S/C8H12N2O2S/c1-13(11,12)7-6-10-8-2-4-9-5-3-8/h2-5H,6-7H2,1H3,(H,9,10). The van der Waals surface area contributed by atoms with Crippen LogP contribution in [0.1, 0.15) is 0 Å². The third kappa shape index (κ3) is 4.47. The lowest BCUT2D eigenvalue weighted by atomic mass is 10.4. The first-order valence-corrected chi connectivity index (χ1v) is 5.95. The molecule has 0 aromatic carbocycles. The smallest absolute Gasteiger partial charge is 0.149 e. The summed E-state index contributed by atoms with van der Waals surface area (Å²) >= 11 is 0. The van der Waals surface area contributed by atoms with E-state index in [4.69, 9.17) is 0 Å². The Morgan fingerprint density at radius 1 is 1.38 bits per heavy atom. The molecule has 0 saturated carbocycles. The molecule has 0 atom stereocenters. The maximum atomic E-state index is 10.8. The molecule has 1 rings (SSSR count). The van der Waals surface area contributed by atoms with Gasteiger partial charge in [-0.15, -0.1) is 0 Å². The topological polar surface area (TPSA) is 59.1 Å². The molecule has 1 aromatic heterocycles. The Morgan fingerprint density at radius 3 is 2.54 bits per heavy atom. The first-order chi connectivity index (χ1) is 6.08. The lowest BCUT2D eigenvalue weighted by Crippen LogP contribution is -2.13. The van der Waals surface area contributed by atoms with E-state index in [9.17, 15) is 8.42 Å². The molecule has 0 amide bonds. The molecule has 0 unspecified atom stereocenters. The molecule has 72 valence electrons. The van der Waals surface area contributed by atoms with Gasteiger partial charge in [0.05, 0.1) is 5.75 Å². The van der Waals surface area contributed by atoms with Gasteiger partial charge in [0.15, 0.2) is 0 Å². The molecule has 0 bridgehead atoms. The van der Waals surface area contributed by atoms with Crippen LogP contribution < -0.4 is 5.32 Å². The molecule has 0 fully saturated rings. The number of anilines is 1. The van der Waals surface area contributed by atoms with Crippen LogP contribution in [-0.4, -0.2) is 32.0 Å². The van der Waals surface area contributed by atoms with E-state index in [2.05, 4.69) is 10.3 Å². The molecule has 0 aliphatic carbocycles. The van der Waals surface area contributed by atoms with Crippen LogP contribution in [0.5, 0.6) is 0 Å². The van der Waals surface area contributed by atoms with Crippen LogP contribution in [0.15, 0.2) is 24.5 Å². The summed E-state index contributed by atoms with van der Waals surface area (Å²) in [7, 11) is -2.87. The first kappa shape index (κ1) is 9.98. The minimum Gasteiger partial charge on any atom is -0.384 e. The Morgan fingerprint density at radius 2 is 2.00 bits per heavy atom. The average Bonchev–Trinajstić information content (AvgIpc) is 2.04. The van der Waals surface area contributed by atoms with E-state index in [1.54, 1.807) is 24.5 Å². The number of hydrogen-bond acceptors (Lipinski definition) is 4. The SMILES string of the molecule is CS(=O)(=O)CCNc1ccncc1. The summed E-state index contributed by atoms with van der Waals surface area (Å²) in [5, 5.41) is 2.98. The summed E-state index contributed by atoms with van der Waals surface area (Å²) in [4.78, 5) is 3.84. The number of hydrogen-bond donors (Lipinski definition) is 1. The van der Waals surface area contributed by atoms with Crippen LogP contribution in [-0.2, 0) is 9.84 Å². The fourth-order valence-electron chi connectivity index (χ4n) is 0.851. The highest BCUT2D eigenvalue weighted by Gasteiger charge is 2.00. The van der Waals surface area contributed by atoms with E-state index in [0.717, 1.165) is 5.69 Å². The second-order valence-corrected chi connectivity index (χ2v) is 5.05. The highest BCUT2D eigenvalue weighted by Crippen LogP contribution is 2.01. The van der Waals surface area contributed by atoms with Crippen molar-refractivity contribution in [3.63, 3.8) is 0 Å². The summed E-state index contributed by atoms with van der Waals surface area (Å²) in [6.07, 6.45) is 4.53. The van der Waals surface area contributed by atoms with Gasteiger partial charge in [-0.25, -0.2) is 8.42 Å². The van der Waals surface area contributed by atoms with E-state index in [-0.39, 0.29) is 5.75 Å². The molecule has 1 aromatic rings. The third-order valence-electron chi connectivity index (χ3n) is 1.48. The molecule has 4 nitrogen and oxygen atoms in total. The average molecular weight is 200 g/mol. The minimum atomic E-state index is -2.87. The molecule has 1 N–H and O–H groups in total. The molecular weight excluding hydrogens is 188 g/mol. The lowest BCUT2D eigenvalue weighted by Gasteiger charge is -2.03. The molecule has 0 spiro atoms. The van der Waals surface area contributed by atoms with Crippen molar-refractivity contribution < 1.29 is 8.42 Å². The second-order valence-electron chi connectivity index (χ2n) is 2.79. The van der Waals surface area contributed by atoms with Crippen LogP contribution in [0.25, 0.3) is 0 Å². The predicted octanol–water partition coefficient (Wildman–Crippen LogP) is 0.538. The van der Waals surface area contributed by atoms with Gasteiger partial charge in [0, 0.05) is 30.9 Å². The zero-order valence-corrected chi connectivity index (χ0v) is 8.21. The molecule has 0 saturated heterocycles. The fraction of sp³-hybridized carbons (Fsp3) is 0.375. The van der Waals surface area contributed by atoms with Crippen molar-refractivity contribution in [2.75, 3.05) is 23.9 Å². The number of sulfone groups is 1. The van der Waals surface area contributed by atoms with Gasteiger partial charge < -0.3 is 5.32 Å². The van der Waals surface area contributed by atoms with Gasteiger partial charge in [0.1, 0.15) is 9.84 Å². The summed E-state index contributed by atoms with van der Waals surface area (Å²) in [6.45, 7) is 0.433. The van der Waals surface area contributed by atoms with Crippen LogP contribution in [0.4, 0.5) is 5.69 Å². The summed E-state index contributed by atoms with van der Waals surface area (Å²) in [5.41, 5.74) is 0.888. The Kier molecular flexibility index (Phi) is 3.25. The van der Waals surface area contributed by atoms with E-state index < -0.39 is 9.84 Å². The Hall–Kier alpha value is -1.10. The van der Waals surface area contributed by atoms with Crippen molar-refractivity contribution in [2.45, 2.75) is 0 Å². The number of pyridine rings is 1. The van der Waals surface area contributed by atoms with E-state index in [1.807, 2.05) is 0 Å². The molecule has 0 radical (unpaired) electrons. The Labute approximate surface area is 77.9 Å². The van der Waals surface area contributed by atoms with Gasteiger partial charge in [0.25, 0.3) is 0 Å². The van der Waals surface area contributed by atoms with Crippen molar-refractivity contribution in [2.24, 2.45) is 0 Å². The number of nitrogens with one attached hydrogen (secondary N) is 1. The quantitative estimate of drug-likeness (QED) is 0.770. The van der Waals surface area contributed by atoms with Gasteiger partial charge in [-0.3, -0.25) is 4.98 Å². The zero-order chi connectivity index (χ0) is 9.73. The maximum absolute atomic E-state index is 10.8. The molecule has 0 aliphatic rings. The Bertz CT molecular complexity index is 348. The fourth-order valence-corrected chi connectivity index (χ4v) is 1.32. The van der Waals surface area contributed by atoms with Crippen LogP contribution in [0.2, 0.25) is 0 Å². The maximum Gasteiger partial charge on any atom is 0.149 e. The number of nitrogens with zero attached hydrogens (tertiary/aromatic N) is 1. The van der Waals surface area contributed by atoms with Crippen molar-refractivity contribution in [1.82, 2.24) is 4.98 Å². The van der Waals surface area contributed by atoms with Crippen LogP contribution in [0.3, 0.4) is 0 Å². The van der Waals surface area contributed by atoms with Gasteiger partial charge in [-0.2, -0.15) is 0 Å². The summed E-state index contributed by atoms with van der Waals surface area (Å²) < 4.78 is 21.5. The number of rotatable bonds is 4. The van der Waals surface area contributed by atoms with Crippen molar-refractivity contribution in [1.29, 1.82) is 0 Å². The van der Waals surface area contributed by atoms with E-state index in [0.29, 0.717) is 6.54 Å². The first-order valence-electron chi connectivity index (χ1n) is 3.89. The molecule has 0 aliphatic heterocycles. The van der Waals surface area contributed by atoms with Gasteiger partial charge >= 0.3 is 0 Å². The second kappa shape index (κ2) is 4.23. The predicted molar refractivity (Wildman–Crippen MR) is 52.4 cm³/mol. The number of aromatic nitrogens is 1. The van der Waals surface area contributed by atoms with E-state index >= 15 is 0 Å². The lowest BCUT2D eigenvalue weighted by molar-refractivity contribution is 0.602. The van der Waals surface area contributed by atoms with Crippen molar-refractivity contribution >= 4 is 15.5 Å². The van der Waals surface area contributed by atoms with Gasteiger partial charge in [-0.05, 0) is 12.1 Å². The molecule has 1 heterocycles. The highest BCUT2D eigenvalue weighted by molar-refractivity contribution is 7.90. The normalized spacial score (nSPS) is 11.2. The van der Waals surface area contributed by atoms with Gasteiger partial charge in [-0.1, -0.05) is 0 Å². The Balaban J connectivity index is 2.37. The van der Waals surface area contributed by atoms with Crippen LogP contribution >= 0.6 is 0 Å². The third-order valence-corrected chi connectivity index (χ3v) is 2.43. The molecular formula is C8H12N2O2S. The highest BCUT2D eigenvalue weighted by atomic mass is 32.2.